The fourth-order valence-electron chi connectivity index (χ4n) is 10.1. The van der Waals surface area contributed by atoms with Gasteiger partial charge in [-0.1, -0.05) is 52.7 Å². The molecule has 1 aliphatic heterocycles. The lowest BCUT2D eigenvalue weighted by atomic mass is 9.36. The molecule has 5 aliphatic rings. The zero-order chi connectivity index (χ0) is 25.1. The summed E-state index contributed by atoms with van der Waals surface area (Å²) >= 11 is 0. The molecule has 5 rings (SSSR count). The second-order valence-corrected chi connectivity index (χ2v) is 14.6. The minimum Gasteiger partial charge on any atom is -0.392 e. The fraction of sp³-hybridized carbons (Fsp3) is 0.900. The molecule has 9 atom stereocenters. The Kier molecular flexibility index (Phi) is 5.44. The molecular weight excluding hydrogens is 424 g/mol. The predicted molar refractivity (Wildman–Crippen MR) is 134 cm³/mol. The number of allylic oxidation sites excluding steroid dienone is 1. The Bertz CT molecular complexity index is 917. The number of aliphatic hydroxyl groups excluding tert-OH is 2. The molecule has 0 amide bonds. The number of Topliss-reactive ketones (excluding diaryl/α,β-unsaturated/α-hetero) is 1. The standard InChI is InChI=1S/C30H48O4/c1-17(15-21(32)25-27(4,5)34-25)18-9-13-29(7)19(18)16-20(31)24-28(6)12-11-23(33)26(2,3)22(28)10-14-30(24,29)8/h17,20-22,24-25,31-32H,9-16H2,1-8H3/t17-,20-,21-,22-,24-,25-,28-,29-,30-/m0/s1. The Morgan fingerprint density at radius 1 is 1.03 bits per heavy atom. The van der Waals surface area contributed by atoms with Gasteiger partial charge in [0.05, 0.1) is 17.8 Å². The second kappa shape index (κ2) is 7.42. The minimum atomic E-state index is -0.432. The SMILES string of the molecule is C[C@@H](C[C@H](O)[C@@H]1OC1(C)C)C1=C2C[C@H](O)[C@H]3[C@@]4(C)CCC(=O)C(C)(C)[C@@H]4CC[C@]3(C)[C@@]2(C)CC1. The van der Waals surface area contributed by atoms with E-state index in [0.717, 1.165) is 44.9 Å². The van der Waals surface area contributed by atoms with Crippen molar-refractivity contribution in [3.63, 3.8) is 0 Å². The molecule has 1 heterocycles. The van der Waals surface area contributed by atoms with Crippen LogP contribution in [0.1, 0.15) is 107 Å². The van der Waals surface area contributed by atoms with Crippen molar-refractivity contribution in [1.29, 1.82) is 0 Å². The Morgan fingerprint density at radius 2 is 1.68 bits per heavy atom. The first kappa shape index (κ1) is 25.0. The summed E-state index contributed by atoms with van der Waals surface area (Å²) < 4.78 is 5.72. The van der Waals surface area contributed by atoms with E-state index >= 15 is 0 Å². The van der Waals surface area contributed by atoms with Gasteiger partial charge in [0, 0.05) is 11.8 Å². The van der Waals surface area contributed by atoms with Crippen LogP contribution in [0, 0.1) is 39.4 Å². The van der Waals surface area contributed by atoms with Crippen LogP contribution in [0.2, 0.25) is 0 Å². The third kappa shape index (κ3) is 3.16. The van der Waals surface area contributed by atoms with Crippen molar-refractivity contribution in [2.45, 2.75) is 131 Å². The van der Waals surface area contributed by atoms with Crippen molar-refractivity contribution < 1.29 is 19.7 Å². The molecule has 0 radical (unpaired) electrons. The number of rotatable bonds is 4. The van der Waals surface area contributed by atoms with Crippen molar-refractivity contribution in [1.82, 2.24) is 0 Å². The summed E-state index contributed by atoms with van der Waals surface area (Å²) in [6, 6.07) is 0. The van der Waals surface area contributed by atoms with E-state index in [1.54, 1.807) is 0 Å². The number of carbonyl (C=O) groups is 1. The van der Waals surface area contributed by atoms with Crippen molar-refractivity contribution in [2.24, 2.45) is 39.4 Å². The summed E-state index contributed by atoms with van der Waals surface area (Å²) in [5.41, 5.74) is 2.59. The predicted octanol–water partition coefficient (Wildman–Crippen LogP) is 5.84. The van der Waals surface area contributed by atoms with Gasteiger partial charge in [0.2, 0.25) is 0 Å². The smallest absolute Gasteiger partial charge is 0.138 e. The number of fused-ring (bicyclic) bond motifs is 5. The van der Waals surface area contributed by atoms with Crippen molar-refractivity contribution >= 4 is 5.78 Å². The molecule has 0 aromatic carbocycles. The van der Waals surface area contributed by atoms with E-state index in [2.05, 4.69) is 55.4 Å². The average molecular weight is 473 g/mol. The molecule has 4 nitrogen and oxygen atoms in total. The highest BCUT2D eigenvalue weighted by molar-refractivity contribution is 5.85. The van der Waals surface area contributed by atoms with Crippen LogP contribution in [0.25, 0.3) is 0 Å². The van der Waals surface area contributed by atoms with E-state index in [9.17, 15) is 15.0 Å². The molecule has 0 aromatic rings. The number of carbonyl (C=O) groups excluding carboxylic acids is 1. The maximum atomic E-state index is 12.9. The number of ketones is 1. The van der Waals surface area contributed by atoms with E-state index < -0.39 is 6.10 Å². The van der Waals surface area contributed by atoms with Crippen LogP contribution in [0.15, 0.2) is 11.1 Å². The first-order valence-corrected chi connectivity index (χ1v) is 13.9. The van der Waals surface area contributed by atoms with Gasteiger partial charge in [0.15, 0.2) is 0 Å². The van der Waals surface area contributed by atoms with Gasteiger partial charge in [-0.05, 0) is 92.8 Å². The van der Waals surface area contributed by atoms with E-state index in [0.29, 0.717) is 24.0 Å². The zero-order valence-electron chi connectivity index (χ0n) is 22.8. The summed E-state index contributed by atoms with van der Waals surface area (Å²) in [4.78, 5) is 12.9. The molecule has 0 unspecified atom stereocenters. The number of hydrogen-bond acceptors (Lipinski definition) is 4. The Balaban J connectivity index is 1.47. The van der Waals surface area contributed by atoms with E-state index in [1.807, 2.05) is 0 Å². The van der Waals surface area contributed by atoms with Crippen molar-refractivity contribution in [3.8, 4) is 0 Å². The highest BCUT2D eigenvalue weighted by Gasteiger charge is 2.69. The van der Waals surface area contributed by atoms with Gasteiger partial charge in [-0.15, -0.1) is 0 Å². The molecule has 1 saturated heterocycles. The van der Waals surface area contributed by atoms with E-state index in [1.165, 1.54) is 11.1 Å². The van der Waals surface area contributed by atoms with Crippen LogP contribution in [-0.4, -0.2) is 39.9 Å². The van der Waals surface area contributed by atoms with Crippen molar-refractivity contribution in [2.75, 3.05) is 0 Å². The number of hydrogen-bond donors (Lipinski definition) is 2. The van der Waals surface area contributed by atoms with Crippen LogP contribution >= 0.6 is 0 Å². The maximum Gasteiger partial charge on any atom is 0.138 e. The van der Waals surface area contributed by atoms with E-state index in [4.69, 9.17) is 4.74 Å². The molecule has 4 aliphatic carbocycles. The second-order valence-electron chi connectivity index (χ2n) is 14.6. The summed E-state index contributed by atoms with van der Waals surface area (Å²) in [5, 5.41) is 22.6. The lowest BCUT2D eigenvalue weighted by Gasteiger charge is -2.69. The third-order valence-corrected chi connectivity index (χ3v) is 12.2. The largest absolute Gasteiger partial charge is 0.392 e. The average Bonchev–Trinajstić information content (AvgIpc) is 3.23. The number of aliphatic hydroxyl groups is 2. The van der Waals surface area contributed by atoms with Gasteiger partial charge in [-0.2, -0.15) is 0 Å². The van der Waals surface area contributed by atoms with Gasteiger partial charge in [0.1, 0.15) is 11.9 Å². The first-order valence-electron chi connectivity index (χ1n) is 13.9. The van der Waals surface area contributed by atoms with Crippen LogP contribution < -0.4 is 0 Å². The first-order chi connectivity index (χ1) is 15.6. The molecule has 34 heavy (non-hydrogen) atoms. The summed E-state index contributed by atoms with van der Waals surface area (Å²) in [6.45, 7) is 18.0. The Hall–Kier alpha value is -0.710. The third-order valence-electron chi connectivity index (χ3n) is 12.2. The normalized spacial score (nSPS) is 48.6. The van der Waals surface area contributed by atoms with Crippen molar-refractivity contribution in [3.05, 3.63) is 11.1 Å². The summed E-state index contributed by atoms with van der Waals surface area (Å²) in [6.07, 6.45) is 6.59. The molecule has 0 aromatic heterocycles. The number of epoxide rings is 1. The quantitative estimate of drug-likeness (QED) is 0.398. The molecule has 2 N–H and O–H groups in total. The maximum absolute atomic E-state index is 12.9. The minimum absolute atomic E-state index is 0.00216. The van der Waals surface area contributed by atoms with Gasteiger partial charge in [0.25, 0.3) is 0 Å². The molecule has 3 saturated carbocycles. The lowest BCUT2D eigenvalue weighted by Crippen LogP contribution is -2.65. The topological polar surface area (TPSA) is 70.1 Å². The van der Waals surface area contributed by atoms with Gasteiger partial charge in [-0.3, -0.25) is 4.79 Å². The molecule has 192 valence electrons. The van der Waals surface area contributed by atoms with Crippen LogP contribution in [0.3, 0.4) is 0 Å². The molecular formula is C30H48O4. The van der Waals surface area contributed by atoms with Crippen LogP contribution in [-0.2, 0) is 9.53 Å². The Labute approximate surface area is 206 Å². The highest BCUT2D eigenvalue weighted by Crippen LogP contribution is 2.74. The van der Waals surface area contributed by atoms with E-state index in [-0.39, 0.29) is 45.4 Å². The summed E-state index contributed by atoms with van der Waals surface area (Å²) in [7, 11) is 0. The van der Waals surface area contributed by atoms with Gasteiger partial charge < -0.3 is 14.9 Å². The van der Waals surface area contributed by atoms with Gasteiger partial charge in [-0.25, -0.2) is 0 Å². The molecule has 0 bridgehead atoms. The van der Waals surface area contributed by atoms with Crippen LogP contribution in [0.4, 0.5) is 0 Å². The van der Waals surface area contributed by atoms with Gasteiger partial charge >= 0.3 is 0 Å². The molecule has 4 heteroatoms. The fourth-order valence-corrected chi connectivity index (χ4v) is 10.1. The number of ether oxygens (including phenoxy) is 1. The summed E-state index contributed by atoms with van der Waals surface area (Å²) in [5.74, 6) is 1.28. The molecule has 0 spiro atoms. The zero-order valence-corrected chi connectivity index (χ0v) is 22.8. The monoisotopic (exact) mass is 472 g/mol. The lowest BCUT2D eigenvalue weighted by molar-refractivity contribution is -0.208. The van der Waals surface area contributed by atoms with Crippen LogP contribution in [0.5, 0.6) is 0 Å². The Morgan fingerprint density at radius 3 is 2.29 bits per heavy atom. The highest BCUT2D eigenvalue weighted by atomic mass is 16.6. The molecule has 4 fully saturated rings.